The zero-order valence-corrected chi connectivity index (χ0v) is 5.58. The summed E-state index contributed by atoms with van der Waals surface area (Å²) in [7, 11) is 11.1. The SMILES string of the molecule is [B]N1CCCN([B])CC1. The van der Waals surface area contributed by atoms with Crippen molar-refractivity contribution in [2.24, 2.45) is 0 Å². The predicted molar refractivity (Wildman–Crippen MR) is 39.3 cm³/mol. The van der Waals surface area contributed by atoms with Crippen LogP contribution in [0.5, 0.6) is 0 Å². The molecule has 1 rings (SSSR count). The minimum Gasteiger partial charge on any atom is -0.352 e. The van der Waals surface area contributed by atoms with Crippen LogP contribution in [0.25, 0.3) is 0 Å². The Balaban J connectivity index is 2.25. The van der Waals surface area contributed by atoms with Gasteiger partial charge in [-0.25, -0.2) is 0 Å². The normalized spacial score (nSPS) is 25.8. The van der Waals surface area contributed by atoms with Crippen LogP contribution in [0.1, 0.15) is 6.42 Å². The molecule has 4 heteroatoms. The van der Waals surface area contributed by atoms with Gasteiger partial charge in [0.15, 0.2) is 16.0 Å². The van der Waals surface area contributed by atoms with Gasteiger partial charge in [0.2, 0.25) is 0 Å². The molecule has 2 nitrogen and oxygen atoms in total. The molecule has 0 aromatic carbocycles. The molecule has 1 heterocycles. The Morgan fingerprint density at radius 2 is 1.22 bits per heavy atom. The van der Waals surface area contributed by atoms with E-state index in [2.05, 4.69) is 0 Å². The molecule has 1 aliphatic rings. The Morgan fingerprint density at radius 3 is 1.67 bits per heavy atom. The van der Waals surface area contributed by atoms with Gasteiger partial charge >= 0.3 is 0 Å². The van der Waals surface area contributed by atoms with Gasteiger partial charge in [0.05, 0.1) is 0 Å². The van der Waals surface area contributed by atoms with E-state index in [9.17, 15) is 0 Å². The Morgan fingerprint density at radius 1 is 0.778 bits per heavy atom. The molecule has 46 valence electrons. The van der Waals surface area contributed by atoms with E-state index in [-0.39, 0.29) is 0 Å². The zero-order valence-electron chi connectivity index (χ0n) is 5.58. The second-order valence-electron chi connectivity index (χ2n) is 2.43. The molecule has 0 aromatic heterocycles. The van der Waals surface area contributed by atoms with Crippen molar-refractivity contribution in [3.05, 3.63) is 0 Å². The van der Waals surface area contributed by atoms with E-state index in [1.165, 1.54) is 0 Å². The lowest BCUT2D eigenvalue weighted by molar-refractivity contribution is 0.450. The maximum atomic E-state index is 5.55. The highest BCUT2D eigenvalue weighted by Crippen LogP contribution is 1.95. The van der Waals surface area contributed by atoms with Gasteiger partial charge in [-0.15, -0.1) is 0 Å². The molecular weight excluding hydrogens is 110 g/mol. The van der Waals surface area contributed by atoms with E-state index in [4.69, 9.17) is 16.0 Å². The Kier molecular flexibility index (Phi) is 2.61. The average Bonchev–Trinajstić information content (AvgIpc) is 1.97. The number of hydrogen-bond donors (Lipinski definition) is 0. The topological polar surface area (TPSA) is 6.48 Å². The van der Waals surface area contributed by atoms with Crippen LogP contribution < -0.4 is 0 Å². The van der Waals surface area contributed by atoms with Gasteiger partial charge in [0.25, 0.3) is 0 Å². The Bertz CT molecular complexity index is 79.0. The van der Waals surface area contributed by atoms with Crippen molar-refractivity contribution >= 4 is 16.0 Å². The van der Waals surface area contributed by atoms with E-state index in [0.717, 1.165) is 32.6 Å². The minimum atomic E-state index is 0.885. The lowest BCUT2D eigenvalue weighted by Gasteiger charge is -2.14. The molecular formula is C5H10B2N2. The maximum absolute atomic E-state index is 5.55. The fourth-order valence-corrected chi connectivity index (χ4v) is 0.957. The van der Waals surface area contributed by atoms with Crippen molar-refractivity contribution in [3.8, 4) is 0 Å². The minimum absolute atomic E-state index is 0.885. The van der Waals surface area contributed by atoms with Crippen molar-refractivity contribution in [2.45, 2.75) is 6.42 Å². The Hall–Kier alpha value is 0.0499. The third kappa shape index (κ3) is 2.41. The van der Waals surface area contributed by atoms with Crippen LogP contribution in [-0.2, 0) is 0 Å². The molecule has 0 amide bonds. The Labute approximate surface area is 59.1 Å². The molecule has 0 bridgehead atoms. The van der Waals surface area contributed by atoms with Crippen LogP contribution in [0.2, 0.25) is 0 Å². The molecule has 0 spiro atoms. The predicted octanol–water partition coefficient (Wildman–Crippen LogP) is -0.839. The van der Waals surface area contributed by atoms with Gasteiger partial charge in [-0.1, -0.05) is 0 Å². The quantitative estimate of drug-likeness (QED) is 0.384. The van der Waals surface area contributed by atoms with Crippen molar-refractivity contribution < 1.29 is 0 Å². The van der Waals surface area contributed by atoms with Gasteiger partial charge in [0.1, 0.15) is 0 Å². The van der Waals surface area contributed by atoms with E-state index < -0.39 is 0 Å². The summed E-state index contributed by atoms with van der Waals surface area (Å²) in [6.45, 7) is 3.70. The van der Waals surface area contributed by atoms with Gasteiger partial charge in [0, 0.05) is 0 Å². The molecule has 1 aliphatic heterocycles. The van der Waals surface area contributed by atoms with E-state index >= 15 is 0 Å². The molecule has 4 radical (unpaired) electrons. The summed E-state index contributed by atoms with van der Waals surface area (Å²) >= 11 is 0. The van der Waals surface area contributed by atoms with Crippen LogP contribution >= 0.6 is 0 Å². The second kappa shape index (κ2) is 3.28. The summed E-state index contributed by atoms with van der Waals surface area (Å²) in [6.07, 6.45) is 1.08. The summed E-state index contributed by atoms with van der Waals surface area (Å²) in [5, 5.41) is 0. The van der Waals surface area contributed by atoms with Crippen LogP contribution in [0.15, 0.2) is 0 Å². The molecule has 0 aliphatic carbocycles. The standard InChI is InChI=1S/C5H10B2N2/c6-8-2-1-3-9(7)5-4-8/h1-5H2. The lowest BCUT2D eigenvalue weighted by atomic mass is 10.3. The molecule has 0 N–H and O–H groups in total. The average molecular weight is 120 g/mol. The largest absolute Gasteiger partial charge is 0.352 e. The van der Waals surface area contributed by atoms with Crippen LogP contribution in [-0.4, -0.2) is 51.8 Å². The fourth-order valence-electron chi connectivity index (χ4n) is 0.957. The van der Waals surface area contributed by atoms with Crippen LogP contribution in [0.4, 0.5) is 0 Å². The van der Waals surface area contributed by atoms with Crippen molar-refractivity contribution in [2.75, 3.05) is 26.2 Å². The molecule has 0 unspecified atom stereocenters. The summed E-state index contributed by atoms with van der Waals surface area (Å²) in [5.74, 6) is 0. The highest BCUT2D eigenvalue weighted by molar-refractivity contribution is 6.05. The van der Waals surface area contributed by atoms with Crippen LogP contribution in [0.3, 0.4) is 0 Å². The first-order chi connectivity index (χ1) is 4.29. The monoisotopic (exact) mass is 120 g/mol. The van der Waals surface area contributed by atoms with E-state index in [0.29, 0.717) is 0 Å². The summed E-state index contributed by atoms with van der Waals surface area (Å²) in [5.41, 5.74) is 0. The molecule has 9 heavy (non-hydrogen) atoms. The number of hydrogen-bond acceptors (Lipinski definition) is 2. The lowest BCUT2D eigenvalue weighted by Crippen LogP contribution is -2.27. The first-order valence-corrected chi connectivity index (χ1v) is 3.28. The molecule has 1 saturated heterocycles. The zero-order chi connectivity index (χ0) is 6.69. The highest BCUT2D eigenvalue weighted by atomic mass is 15.1. The summed E-state index contributed by atoms with van der Waals surface area (Å²) < 4.78 is 0. The third-order valence-electron chi connectivity index (χ3n) is 1.57. The maximum Gasteiger partial charge on any atom is 0.182 e. The molecule has 0 atom stereocenters. The van der Waals surface area contributed by atoms with Crippen molar-refractivity contribution in [1.82, 2.24) is 9.62 Å². The third-order valence-corrected chi connectivity index (χ3v) is 1.57. The highest BCUT2D eigenvalue weighted by Gasteiger charge is 2.05. The molecule has 0 aromatic rings. The summed E-state index contributed by atoms with van der Waals surface area (Å²) in [4.78, 5) is 3.62. The first kappa shape index (κ1) is 7.16. The molecule has 0 saturated carbocycles. The number of nitrogens with zero attached hydrogens (tertiary/aromatic N) is 2. The first-order valence-electron chi connectivity index (χ1n) is 3.28. The van der Waals surface area contributed by atoms with E-state index in [1.807, 2.05) is 9.62 Å². The van der Waals surface area contributed by atoms with E-state index in [1.54, 1.807) is 0 Å². The second-order valence-corrected chi connectivity index (χ2v) is 2.43. The smallest absolute Gasteiger partial charge is 0.182 e. The van der Waals surface area contributed by atoms with Crippen LogP contribution in [0, 0.1) is 0 Å². The van der Waals surface area contributed by atoms with Crippen molar-refractivity contribution in [3.63, 3.8) is 0 Å². The number of rotatable bonds is 0. The van der Waals surface area contributed by atoms with Gasteiger partial charge in [-0.2, -0.15) is 0 Å². The van der Waals surface area contributed by atoms with Crippen molar-refractivity contribution in [1.29, 1.82) is 0 Å². The fraction of sp³-hybridized carbons (Fsp3) is 1.00. The van der Waals surface area contributed by atoms with Gasteiger partial charge in [-0.3, -0.25) is 0 Å². The van der Waals surface area contributed by atoms with Gasteiger partial charge < -0.3 is 9.62 Å². The summed E-state index contributed by atoms with van der Waals surface area (Å²) in [6, 6.07) is 0. The molecule has 1 fully saturated rings. The van der Waals surface area contributed by atoms with Gasteiger partial charge in [-0.05, 0) is 32.6 Å².